The zero-order valence-electron chi connectivity index (χ0n) is 15.7. The first-order valence-electron chi connectivity index (χ1n) is 9.08. The van der Waals surface area contributed by atoms with Gasteiger partial charge in [-0.25, -0.2) is 18.4 Å². The van der Waals surface area contributed by atoms with Crippen molar-refractivity contribution in [2.75, 3.05) is 25.4 Å². The first-order valence-corrected chi connectivity index (χ1v) is 10.5. The Morgan fingerprint density at radius 2 is 1.79 bits per heavy atom. The quantitative estimate of drug-likeness (QED) is 0.575. The van der Waals surface area contributed by atoms with Crippen LogP contribution in [0.1, 0.15) is 29.8 Å². The Morgan fingerprint density at radius 1 is 1.14 bits per heavy atom. The summed E-state index contributed by atoms with van der Waals surface area (Å²) in [4.78, 5) is 31.4. The maximum atomic E-state index is 12.6. The molecule has 2 aromatic rings. The molecule has 1 saturated heterocycles. The van der Waals surface area contributed by atoms with Crippen LogP contribution in [0.5, 0.6) is 0 Å². The molecule has 3 rings (SSSR count). The Hall–Kier alpha value is -3.05. The van der Waals surface area contributed by atoms with Gasteiger partial charge in [0.1, 0.15) is 0 Å². The highest BCUT2D eigenvalue weighted by Crippen LogP contribution is 2.24. The minimum atomic E-state index is -3.51. The van der Waals surface area contributed by atoms with Gasteiger partial charge in [0.05, 0.1) is 16.8 Å². The highest BCUT2D eigenvalue weighted by molar-refractivity contribution is 7.89. The summed E-state index contributed by atoms with van der Waals surface area (Å²) in [6.45, 7) is 1.12. The van der Waals surface area contributed by atoms with Crippen LogP contribution in [0.2, 0.25) is 0 Å². The molecule has 2 amide bonds. The number of benzene rings is 1. The summed E-state index contributed by atoms with van der Waals surface area (Å²) in [5, 5.41) is 2.50. The normalized spacial score (nSPS) is 14.6. The zero-order chi connectivity index (χ0) is 21.0. The minimum absolute atomic E-state index is 0.00822. The summed E-state index contributed by atoms with van der Waals surface area (Å²) >= 11 is 0. The molecule has 0 bridgehead atoms. The van der Waals surface area contributed by atoms with Gasteiger partial charge in [0.2, 0.25) is 15.9 Å². The Bertz CT molecular complexity index is 1020. The first kappa shape index (κ1) is 20.7. The first-order chi connectivity index (χ1) is 13.8. The molecule has 0 atom stereocenters. The number of nitrogens with two attached hydrogens (primary N) is 2. The number of rotatable bonds is 7. The van der Waals surface area contributed by atoms with E-state index in [0.717, 1.165) is 12.8 Å². The average molecular weight is 418 g/mol. The second-order valence-corrected chi connectivity index (χ2v) is 8.53. The van der Waals surface area contributed by atoms with E-state index in [1.165, 1.54) is 22.6 Å². The molecule has 1 aromatic heterocycles. The van der Waals surface area contributed by atoms with Crippen molar-refractivity contribution in [1.82, 2.24) is 19.6 Å². The van der Waals surface area contributed by atoms with E-state index in [-0.39, 0.29) is 29.4 Å². The number of sulfonamides is 1. The Balaban J connectivity index is 1.80. The lowest BCUT2D eigenvalue weighted by atomic mass is 10.1. The number of carbonyl (C=O) groups is 2. The number of anilines is 1. The van der Waals surface area contributed by atoms with Gasteiger partial charge < -0.3 is 16.8 Å². The van der Waals surface area contributed by atoms with E-state index in [0.29, 0.717) is 24.3 Å². The molecule has 1 aliphatic rings. The molecule has 0 radical (unpaired) electrons. The van der Waals surface area contributed by atoms with Gasteiger partial charge in [0.25, 0.3) is 5.91 Å². The monoisotopic (exact) mass is 418 g/mol. The number of nitrogens with one attached hydrogen (secondary N) is 1. The van der Waals surface area contributed by atoms with Crippen LogP contribution in [0, 0.1) is 0 Å². The van der Waals surface area contributed by atoms with Gasteiger partial charge in [-0.2, -0.15) is 4.31 Å². The number of primary amides is 1. The molecule has 0 aliphatic carbocycles. The van der Waals surface area contributed by atoms with Crippen molar-refractivity contribution in [3.05, 3.63) is 36.2 Å². The summed E-state index contributed by atoms with van der Waals surface area (Å²) in [6, 6.07) is 6.23. The van der Waals surface area contributed by atoms with Gasteiger partial charge in [-0.1, -0.05) is 12.1 Å². The molecule has 0 unspecified atom stereocenters. The number of aromatic nitrogens is 2. The van der Waals surface area contributed by atoms with Crippen molar-refractivity contribution < 1.29 is 18.0 Å². The number of nitrogens with zero attached hydrogens (tertiary/aromatic N) is 3. The van der Waals surface area contributed by atoms with Crippen LogP contribution in [0.25, 0.3) is 11.3 Å². The SMILES string of the molecule is NC(=O)CCNC(=O)c1nc(-c2ccc(S(=O)(=O)N3CCCC3)cc2)cnc1N. The predicted molar refractivity (Wildman–Crippen MR) is 106 cm³/mol. The molecule has 154 valence electrons. The molecule has 2 heterocycles. The Morgan fingerprint density at radius 3 is 2.41 bits per heavy atom. The van der Waals surface area contributed by atoms with E-state index in [1.807, 2.05) is 0 Å². The smallest absolute Gasteiger partial charge is 0.273 e. The van der Waals surface area contributed by atoms with E-state index >= 15 is 0 Å². The number of carbonyl (C=O) groups excluding carboxylic acids is 2. The Labute approximate surface area is 168 Å². The van der Waals surface area contributed by atoms with Crippen molar-refractivity contribution in [3.8, 4) is 11.3 Å². The highest BCUT2D eigenvalue weighted by atomic mass is 32.2. The van der Waals surface area contributed by atoms with Crippen LogP contribution in [0.4, 0.5) is 5.82 Å². The third-order valence-electron chi connectivity index (χ3n) is 4.53. The molecule has 0 spiro atoms. The third-order valence-corrected chi connectivity index (χ3v) is 6.44. The molecule has 10 nitrogen and oxygen atoms in total. The van der Waals surface area contributed by atoms with Crippen LogP contribution in [0.15, 0.2) is 35.4 Å². The average Bonchev–Trinajstić information content (AvgIpc) is 3.24. The van der Waals surface area contributed by atoms with Crippen molar-refractivity contribution in [1.29, 1.82) is 0 Å². The van der Waals surface area contributed by atoms with Gasteiger partial charge in [0.15, 0.2) is 11.5 Å². The van der Waals surface area contributed by atoms with Gasteiger partial charge in [-0.3, -0.25) is 9.59 Å². The minimum Gasteiger partial charge on any atom is -0.382 e. The standard InChI is InChI=1S/C18H22N6O4S/c19-15(25)7-8-21-18(26)16-17(20)22-11-14(23-16)12-3-5-13(6-4-12)29(27,28)24-9-1-2-10-24/h3-6,11H,1-2,7-10H2,(H2,19,25)(H2,20,22)(H,21,26). The van der Waals surface area contributed by atoms with E-state index in [1.54, 1.807) is 12.1 Å². The lowest BCUT2D eigenvalue weighted by molar-refractivity contribution is -0.117. The topological polar surface area (TPSA) is 161 Å². The van der Waals surface area contributed by atoms with Gasteiger partial charge >= 0.3 is 0 Å². The van der Waals surface area contributed by atoms with E-state index in [2.05, 4.69) is 15.3 Å². The molecule has 29 heavy (non-hydrogen) atoms. The lowest BCUT2D eigenvalue weighted by Gasteiger charge is -2.15. The van der Waals surface area contributed by atoms with Gasteiger partial charge in [-0.05, 0) is 25.0 Å². The van der Waals surface area contributed by atoms with Crippen molar-refractivity contribution in [3.63, 3.8) is 0 Å². The second-order valence-electron chi connectivity index (χ2n) is 6.60. The summed E-state index contributed by atoms with van der Waals surface area (Å²) in [5.41, 5.74) is 11.7. The predicted octanol–water partition coefficient (Wildman–Crippen LogP) is 0.116. The van der Waals surface area contributed by atoms with Crippen LogP contribution >= 0.6 is 0 Å². The molecule has 1 aromatic carbocycles. The fourth-order valence-electron chi connectivity index (χ4n) is 2.96. The van der Waals surface area contributed by atoms with Crippen LogP contribution in [-0.4, -0.2) is 54.1 Å². The van der Waals surface area contributed by atoms with Crippen LogP contribution < -0.4 is 16.8 Å². The van der Waals surface area contributed by atoms with Crippen LogP contribution in [-0.2, 0) is 14.8 Å². The third kappa shape index (κ3) is 4.69. The number of amides is 2. The van der Waals surface area contributed by atoms with E-state index in [4.69, 9.17) is 11.5 Å². The fourth-order valence-corrected chi connectivity index (χ4v) is 4.48. The van der Waals surface area contributed by atoms with E-state index < -0.39 is 21.8 Å². The molecular formula is C18H22N6O4S. The molecule has 1 aliphatic heterocycles. The lowest BCUT2D eigenvalue weighted by Crippen LogP contribution is -2.29. The molecule has 11 heteroatoms. The number of hydrogen-bond acceptors (Lipinski definition) is 7. The summed E-state index contributed by atoms with van der Waals surface area (Å²) in [6.07, 6.45) is 3.12. The summed E-state index contributed by atoms with van der Waals surface area (Å²) in [7, 11) is -3.51. The summed E-state index contributed by atoms with van der Waals surface area (Å²) in [5.74, 6) is -1.17. The number of nitrogen functional groups attached to an aromatic ring is 1. The van der Waals surface area contributed by atoms with Crippen molar-refractivity contribution >= 4 is 27.7 Å². The van der Waals surface area contributed by atoms with Crippen molar-refractivity contribution in [2.45, 2.75) is 24.2 Å². The second kappa shape index (κ2) is 8.53. The molecule has 5 N–H and O–H groups in total. The zero-order valence-corrected chi connectivity index (χ0v) is 16.5. The number of hydrogen-bond donors (Lipinski definition) is 3. The van der Waals surface area contributed by atoms with E-state index in [9.17, 15) is 18.0 Å². The maximum absolute atomic E-state index is 12.6. The largest absolute Gasteiger partial charge is 0.382 e. The van der Waals surface area contributed by atoms with Crippen LogP contribution in [0.3, 0.4) is 0 Å². The van der Waals surface area contributed by atoms with Gasteiger partial charge in [0, 0.05) is 31.6 Å². The maximum Gasteiger partial charge on any atom is 0.273 e. The van der Waals surface area contributed by atoms with Crippen molar-refractivity contribution in [2.24, 2.45) is 5.73 Å². The highest BCUT2D eigenvalue weighted by Gasteiger charge is 2.27. The Kier molecular flexibility index (Phi) is 6.09. The molecular weight excluding hydrogens is 396 g/mol. The van der Waals surface area contributed by atoms with Gasteiger partial charge in [-0.15, -0.1) is 0 Å². The molecule has 1 fully saturated rings. The fraction of sp³-hybridized carbons (Fsp3) is 0.333. The summed E-state index contributed by atoms with van der Waals surface area (Å²) < 4.78 is 26.7. The molecule has 0 saturated carbocycles.